The van der Waals surface area contributed by atoms with Crippen LogP contribution in [0, 0.1) is 19.7 Å². The number of fused-ring (bicyclic) bond motifs is 5. The zero-order valence-corrected chi connectivity index (χ0v) is 24.4. The highest BCUT2D eigenvalue weighted by Gasteiger charge is 2.33. The van der Waals surface area contributed by atoms with Gasteiger partial charge in [0, 0.05) is 43.8 Å². The fourth-order valence-electron chi connectivity index (χ4n) is 5.70. The van der Waals surface area contributed by atoms with Gasteiger partial charge < -0.3 is 20.1 Å². The molecule has 11 heteroatoms. The number of nitrogens with two attached hydrogens (primary N) is 1. The maximum Gasteiger partial charge on any atom is 0.255 e. The van der Waals surface area contributed by atoms with Crippen LogP contribution in [0.3, 0.4) is 0 Å². The van der Waals surface area contributed by atoms with Crippen LogP contribution in [0.5, 0.6) is 0 Å². The molecule has 1 aromatic carbocycles. The third kappa shape index (κ3) is 6.11. The minimum Gasteiger partial charge on any atom is -0.334 e. The SMILES string of the molecule is C=N/C(=C(/F)C=Nc1ccc(C(=O)N2CCN3CCC2CC3)c(C)n1)c1cc(F)c2nc(C)n(C(C)C)c2c1.CN. The summed E-state index contributed by atoms with van der Waals surface area (Å²) < 4.78 is 32.1. The first-order valence-electron chi connectivity index (χ1n) is 13.9. The number of aliphatic imine (C=N–C) groups is 2. The Kier molecular flexibility index (Phi) is 9.39. The number of carbonyl (C=O) groups is 1. The molecule has 3 saturated heterocycles. The molecule has 2 bridgehead atoms. The van der Waals surface area contributed by atoms with Crippen molar-refractivity contribution in [2.75, 3.05) is 33.2 Å². The molecule has 0 atom stereocenters. The lowest BCUT2D eigenvalue weighted by Gasteiger charge is -2.31. The molecule has 3 aliphatic heterocycles. The fourth-order valence-corrected chi connectivity index (χ4v) is 5.70. The molecular formula is C30H38F2N8O. The molecule has 218 valence electrons. The highest BCUT2D eigenvalue weighted by atomic mass is 19.1. The van der Waals surface area contributed by atoms with E-state index in [-0.39, 0.29) is 40.6 Å². The normalized spacial score (nSPS) is 19.3. The van der Waals surface area contributed by atoms with Crippen molar-refractivity contribution < 1.29 is 13.6 Å². The second-order valence-electron chi connectivity index (χ2n) is 10.4. The van der Waals surface area contributed by atoms with Gasteiger partial charge in [0.2, 0.25) is 0 Å². The van der Waals surface area contributed by atoms with Gasteiger partial charge in [0.05, 0.1) is 23.0 Å². The Labute approximate surface area is 239 Å². The molecule has 5 heterocycles. The van der Waals surface area contributed by atoms with Crippen molar-refractivity contribution in [3.05, 3.63) is 58.6 Å². The van der Waals surface area contributed by atoms with Gasteiger partial charge in [0.25, 0.3) is 5.91 Å². The van der Waals surface area contributed by atoms with Crippen LogP contribution in [0.15, 0.2) is 40.1 Å². The summed E-state index contributed by atoms with van der Waals surface area (Å²) in [7, 11) is 1.50. The van der Waals surface area contributed by atoms with E-state index >= 15 is 4.39 Å². The van der Waals surface area contributed by atoms with Gasteiger partial charge in [-0.2, -0.15) is 0 Å². The van der Waals surface area contributed by atoms with Crippen molar-refractivity contribution >= 4 is 41.4 Å². The van der Waals surface area contributed by atoms with Crippen molar-refractivity contribution in [2.24, 2.45) is 15.7 Å². The third-order valence-corrected chi connectivity index (χ3v) is 7.63. The van der Waals surface area contributed by atoms with Crippen molar-refractivity contribution in [3.8, 4) is 0 Å². The number of amides is 1. The van der Waals surface area contributed by atoms with Crippen LogP contribution >= 0.6 is 0 Å². The Morgan fingerprint density at radius 2 is 1.83 bits per heavy atom. The highest BCUT2D eigenvalue weighted by Crippen LogP contribution is 2.30. The molecule has 9 nitrogen and oxygen atoms in total. The fraction of sp³-hybridized carbons (Fsp3) is 0.433. The number of imidazole rings is 1. The topological polar surface area (TPSA) is 105 Å². The van der Waals surface area contributed by atoms with Crippen molar-refractivity contribution in [1.82, 2.24) is 24.3 Å². The monoisotopic (exact) mass is 564 g/mol. The van der Waals surface area contributed by atoms with Gasteiger partial charge in [-0.25, -0.2) is 23.7 Å². The molecule has 2 aromatic heterocycles. The average molecular weight is 565 g/mol. The molecule has 0 saturated carbocycles. The summed E-state index contributed by atoms with van der Waals surface area (Å²) in [6.07, 6.45) is 2.96. The van der Waals surface area contributed by atoms with E-state index in [4.69, 9.17) is 0 Å². The minimum atomic E-state index is -0.786. The van der Waals surface area contributed by atoms with E-state index in [2.05, 4.69) is 37.3 Å². The summed E-state index contributed by atoms with van der Waals surface area (Å²) >= 11 is 0. The molecule has 6 rings (SSSR count). The number of aromatic nitrogens is 3. The quantitative estimate of drug-likeness (QED) is 0.424. The molecule has 1 amide bonds. The second-order valence-corrected chi connectivity index (χ2v) is 10.4. The Morgan fingerprint density at radius 3 is 2.46 bits per heavy atom. The Hall–Kier alpha value is -3.83. The number of hydrogen-bond acceptors (Lipinski definition) is 7. The van der Waals surface area contributed by atoms with E-state index in [0.29, 0.717) is 29.1 Å². The van der Waals surface area contributed by atoms with Crippen molar-refractivity contribution in [3.63, 3.8) is 0 Å². The summed E-state index contributed by atoms with van der Waals surface area (Å²) in [6.45, 7) is 14.6. The lowest BCUT2D eigenvalue weighted by molar-refractivity contribution is 0.0683. The van der Waals surface area contributed by atoms with Crippen LogP contribution in [0.1, 0.15) is 60.2 Å². The molecule has 3 aromatic rings. The van der Waals surface area contributed by atoms with Crippen LogP contribution in [-0.4, -0.2) is 82.4 Å². The van der Waals surface area contributed by atoms with Crippen LogP contribution in [0.2, 0.25) is 0 Å². The van der Waals surface area contributed by atoms with E-state index in [9.17, 15) is 9.18 Å². The van der Waals surface area contributed by atoms with Crippen LogP contribution < -0.4 is 5.73 Å². The number of aryl methyl sites for hydroxylation is 2. The molecule has 0 radical (unpaired) electrons. The molecule has 2 N–H and O–H groups in total. The number of halogens is 2. The Bertz CT molecular complexity index is 1500. The second kappa shape index (κ2) is 12.8. The molecule has 0 spiro atoms. The van der Waals surface area contributed by atoms with Gasteiger partial charge >= 0.3 is 0 Å². The molecular weight excluding hydrogens is 526 g/mol. The maximum absolute atomic E-state index is 15.3. The zero-order valence-electron chi connectivity index (χ0n) is 24.4. The van der Waals surface area contributed by atoms with Gasteiger partial charge in [0.1, 0.15) is 17.0 Å². The number of benzene rings is 1. The molecule has 3 aliphatic rings. The number of carbonyl (C=O) groups excluding carboxylic acids is 1. The van der Waals surface area contributed by atoms with Crippen molar-refractivity contribution in [2.45, 2.75) is 52.6 Å². The van der Waals surface area contributed by atoms with E-state index in [1.54, 1.807) is 32.0 Å². The summed E-state index contributed by atoms with van der Waals surface area (Å²) in [5, 5.41) is 0. The lowest BCUT2D eigenvalue weighted by atomic mass is 10.0. The molecule has 3 fully saturated rings. The number of pyridine rings is 1. The number of hydrogen-bond donors (Lipinski definition) is 1. The highest BCUT2D eigenvalue weighted by molar-refractivity contribution is 5.96. The number of piperidine rings is 1. The smallest absolute Gasteiger partial charge is 0.255 e. The Morgan fingerprint density at radius 1 is 1.12 bits per heavy atom. The summed E-state index contributed by atoms with van der Waals surface area (Å²) in [5.41, 5.74) is 6.43. The van der Waals surface area contributed by atoms with Crippen LogP contribution in [0.4, 0.5) is 14.6 Å². The van der Waals surface area contributed by atoms with Gasteiger partial charge in [0.15, 0.2) is 17.5 Å². The van der Waals surface area contributed by atoms with Gasteiger partial charge in [-0.05, 0) is 78.6 Å². The zero-order chi connectivity index (χ0) is 29.8. The summed E-state index contributed by atoms with van der Waals surface area (Å²) in [6, 6.07) is 6.44. The van der Waals surface area contributed by atoms with Gasteiger partial charge in [-0.1, -0.05) is 0 Å². The predicted molar refractivity (Wildman–Crippen MR) is 160 cm³/mol. The summed E-state index contributed by atoms with van der Waals surface area (Å²) in [4.78, 5) is 34.4. The largest absolute Gasteiger partial charge is 0.334 e. The number of nitrogens with zero attached hydrogens (tertiary/aromatic N) is 7. The first-order chi connectivity index (χ1) is 19.7. The average Bonchev–Trinajstić information content (AvgIpc) is 3.07. The van der Waals surface area contributed by atoms with Crippen molar-refractivity contribution in [1.29, 1.82) is 0 Å². The third-order valence-electron chi connectivity index (χ3n) is 7.63. The summed E-state index contributed by atoms with van der Waals surface area (Å²) in [5.74, 6) is -0.462. The minimum absolute atomic E-state index is 0.0261. The first-order valence-corrected chi connectivity index (χ1v) is 13.9. The lowest BCUT2D eigenvalue weighted by Crippen LogP contribution is -2.41. The maximum atomic E-state index is 15.3. The standard InChI is InChI=1S/C29H33F2N7O.CH5N/c1-17(2)38-19(4)35-28-23(30)14-20(15-25(28)38)27(32-5)24(31)16-33-26-7-6-22(18(3)34-26)29(39)37-13-12-36-10-8-21(37)9-11-36;1-2/h6-7,14-17,21H,5,8-13H2,1-4H3;2H2,1H3/b27-24+,33-16?;. The predicted octanol–water partition coefficient (Wildman–Crippen LogP) is 5.00. The van der Waals surface area contributed by atoms with E-state index in [1.807, 2.05) is 23.3 Å². The van der Waals surface area contributed by atoms with E-state index in [1.165, 1.54) is 13.1 Å². The Balaban J connectivity index is 0.00000189. The van der Waals surface area contributed by atoms with Gasteiger partial charge in [-0.3, -0.25) is 9.79 Å². The van der Waals surface area contributed by atoms with Crippen LogP contribution in [0.25, 0.3) is 16.7 Å². The van der Waals surface area contributed by atoms with Crippen LogP contribution in [-0.2, 0) is 0 Å². The molecule has 0 aliphatic carbocycles. The van der Waals surface area contributed by atoms with Gasteiger partial charge in [-0.15, -0.1) is 0 Å². The van der Waals surface area contributed by atoms with E-state index < -0.39 is 11.6 Å². The number of allylic oxidation sites excluding steroid dienone is 1. The first kappa shape index (κ1) is 30.1. The van der Waals surface area contributed by atoms with E-state index in [0.717, 1.165) is 38.7 Å². The molecule has 0 unspecified atom stereocenters. The molecule has 41 heavy (non-hydrogen) atoms. The number of rotatable bonds is 6.